The van der Waals surface area contributed by atoms with Crippen LogP contribution in [0.2, 0.25) is 0 Å². The summed E-state index contributed by atoms with van der Waals surface area (Å²) in [5.74, 6) is 1.48. The Hall–Kier alpha value is -1.71. The number of methoxy groups -OCH3 is 2. The van der Waals surface area contributed by atoms with Crippen LogP contribution >= 0.6 is 0 Å². The Morgan fingerprint density at radius 3 is 2.56 bits per heavy atom. The summed E-state index contributed by atoms with van der Waals surface area (Å²) in [7, 11) is 3.27. The summed E-state index contributed by atoms with van der Waals surface area (Å²) in [6, 6.07) is 6.26. The Kier molecular flexibility index (Phi) is 2.99. The number of hydrazone groups is 1. The van der Waals surface area contributed by atoms with Crippen molar-refractivity contribution in [3.05, 3.63) is 23.8 Å². The molecule has 0 radical (unpaired) electrons. The van der Waals surface area contributed by atoms with Gasteiger partial charge in [0, 0.05) is 18.0 Å². The van der Waals surface area contributed by atoms with Gasteiger partial charge >= 0.3 is 0 Å². The highest BCUT2D eigenvalue weighted by Crippen LogP contribution is 2.28. The molecular formula is C12H16N2O2. The van der Waals surface area contributed by atoms with Crippen LogP contribution in [-0.4, -0.2) is 26.0 Å². The van der Waals surface area contributed by atoms with Crippen LogP contribution < -0.4 is 14.9 Å². The van der Waals surface area contributed by atoms with Gasteiger partial charge in [0.1, 0.15) is 0 Å². The van der Waals surface area contributed by atoms with Gasteiger partial charge in [-0.3, -0.25) is 0 Å². The molecular weight excluding hydrogens is 204 g/mol. The van der Waals surface area contributed by atoms with Crippen LogP contribution in [0.25, 0.3) is 0 Å². The van der Waals surface area contributed by atoms with Crippen LogP contribution in [0.4, 0.5) is 0 Å². The van der Waals surface area contributed by atoms with E-state index in [9.17, 15) is 0 Å². The Morgan fingerprint density at radius 1 is 1.25 bits per heavy atom. The molecule has 4 nitrogen and oxygen atoms in total. The van der Waals surface area contributed by atoms with Crippen molar-refractivity contribution in [2.24, 2.45) is 5.10 Å². The molecule has 0 aromatic heterocycles. The molecule has 1 aromatic rings. The summed E-state index contributed by atoms with van der Waals surface area (Å²) in [6.45, 7) is 2.11. The van der Waals surface area contributed by atoms with E-state index in [4.69, 9.17) is 9.47 Å². The molecule has 0 aliphatic carbocycles. The highest BCUT2D eigenvalue weighted by atomic mass is 16.5. The van der Waals surface area contributed by atoms with Gasteiger partial charge in [-0.05, 0) is 25.1 Å². The molecule has 0 amide bonds. The van der Waals surface area contributed by atoms with Gasteiger partial charge in [0.25, 0.3) is 0 Å². The van der Waals surface area contributed by atoms with E-state index in [1.54, 1.807) is 14.2 Å². The van der Waals surface area contributed by atoms with E-state index in [0.717, 1.165) is 29.2 Å². The van der Waals surface area contributed by atoms with Gasteiger partial charge in [-0.1, -0.05) is 0 Å². The second-order valence-corrected chi connectivity index (χ2v) is 3.86. The number of hydrogen-bond donors (Lipinski definition) is 1. The van der Waals surface area contributed by atoms with E-state index in [2.05, 4.69) is 17.5 Å². The molecule has 0 spiro atoms. The molecule has 0 saturated carbocycles. The summed E-state index contributed by atoms with van der Waals surface area (Å²) in [6.07, 6.45) is 0.940. The Balaban J connectivity index is 2.29. The van der Waals surface area contributed by atoms with Crippen LogP contribution in [-0.2, 0) is 0 Å². The van der Waals surface area contributed by atoms with Crippen LogP contribution in [0.15, 0.2) is 23.3 Å². The maximum atomic E-state index is 5.26. The number of benzene rings is 1. The lowest BCUT2D eigenvalue weighted by atomic mass is 10.0. The third-order valence-electron chi connectivity index (χ3n) is 2.64. The molecule has 0 saturated heterocycles. The number of nitrogens with zero attached hydrogens (tertiary/aromatic N) is 1. The van der Waals surface area contributed by atoms with Gasteiger partial charge in [-0.25, -0.2) is 0 Å². The number of ether oxygens (including phenoxy) is 2. The first kappa shape index (κ1) is 10.8. The highest BCUT2D eigenvalue weighted by Gasteiger charge is 2.16. The molecule has 1 heterocycles. The van der Waals surface area contributed by atoms with Gasteiger partial charge in [-0.2, -0.15) is 5.10 Å². The molecule has 0 bridgehead atoms. The fourth-order valence-electron chi connectivity index (χ4n) is 1.77. The second-order valence-electron chi connectivity index (χ2n) is 3.86. The van der Waals surface area contributed by atoms with E-state index in [1.165, 1.54) is 0 Å². The fourth-order valence-corrected chi connectivity index (χ4v) is 1.77. The molecule has 1 aliphatic rings. The molecule has 16 heavy (non-hydrogen) atoms. The highest BCUT2D eigenvalue weighted by molar-refractivity contribution is 6.02. The van der Waals surface area contributed by atoms with Crippen molar-refractivity contribution in [2.75, 3.05) is 14.2 Å². The van der Waals surface area contributed by atoms with Gasteiger partial charge in [-0.15, -0.1) is 0 Å². The van der Waals surface area contributed by atoms with Crippen LogP contribution in [0, 0.1) is 0 Å². The zero-order valence-electron chi connectivity index (χ0n) is 9.78. The monoisotopic (exact) mass is 220 g/mol. The quantitative estimate of drug-likeness (QED) is 0.844. The maximum absolute atomic E-state index is 5.26. The van der Waals surface area contributed by atoms with Crippen LogP contribution in [0.3, 0.4) is 0 Å². The first-order valence-electron chi connectivity index (χ1n) is 5.29. The van der Waals surface area contributed by atoms with Crippen molar-refractivity contribution >= 4 is 5.71 Å². The van der Waals surface area contributed by atoms with E-state index in [1.807, 2.05) is 18.2 Å². The van der Waals surface area contributed by atoms with E-state index < -0.39 is 0 Å². The first-order valence-corrected chi connectivity index (χ1v) is 5.29. The molecule has 1 aliphatic heterocycles. The van der Waals surface area contributed by atoms with Crippen molar-refractivity contribution in [1.82, 2.24) is 5.43 Å². The average Bonchev–Trinajstić information content (AvgIpc) is 2.75. The fraction of sp³-hybridized carbons (Fsp3) is 0.417. The van der Waals surface area contributed by atoms with E-state index in [0.29, 0.717) is 6.04 Å². The smallest absolute Gasteiger partial charge is 0.161 e. The lowest BCUT2D eigenvalue weighted by Gasteiger charge is -2.09. The summed E-state index contributed by atoms with van der Waals surface area (Å²) in [5, 5.41) is 4.29. The van der Waals surface area contributed by atoms with Gasteiger partial charge < -0.3 is 14.9 Å². The Morgan fingerprint density at radius 2 is 2.00 bits per heavy atom. The molecule has 1 N–H and O–H groups in total. The second kappa shape index (κ2) is 4.43. The van der Waals surface area contributed by atoms with Crippen molar-refractivity contribution in [3.8, 4) is 11.5 Å². The minimum atomic E-state index is 0.406. The average molecular weight is 220 g/mol. The van der Waals surface area contributed by atoms with Crippen molar-refractivity contribution in [3.63, 3.8) is 0 Å². The van der Waals surface area contributed by atoms with Crippen LogP contribution in [0.1, 0.15) is 18.9 Å². The van der Waals surface area contributed by atoms with Gasteiger partial charge in [0.05, 0.1) is 19.9 Å². The molecule has 1 aromatic carbocycles. The van der Waals surface area contributed by atoms with Gasteiger partial charge in [0.2, 0.25) is 0 Å². The Bertz CT molecular complexity index is 415. The summed E-state index contributed by atoms with van der Waals surface area (Å²) >= 11 is 0. The zero-order chi connectivity index (χ0) is 11.5. The topological polar surface area (TPSA) is 42.8 Å². The van der Waals surface area contributed by atoms with Crippen molar-refractivity contribution in [1.29, 1.82) is 0 Å². The molecule has 1 unspecified atom stereocenters. The standard InChI is InChI=1S/C12H16N2O2/c1-8-6-10(14-13-8)9-4-5-11(15-2)12(7-9)16-3/h4-5,7-8,13H,6H2,1-3H3. The molecule has 86 valence electrons. The summed E-state index contributed by atoms with van der Waals surface area (Å²) < 4.78 is 10.5. The van der Waals surface area contributed by atoms with Crippen LogP contribution in [0.5, 0.6) is 11.5 Å². The normalized spacial score (nSPS) is 18.9. The number of rotatable bonds is 3. The summed E-state index contributed by atoms with van der Waals surface area (Å²) in [4.78, 5) is 0. The number of nitrogens with one attached hydrogen (secondary N) is 1. The van der Waals surface area contributed by atoms with Gasteiger partial charge in [0.15, 0.2) is 11.5 Å². The largest absolute Gasteiger partial charge is 0.493 e. The third-order valence-corrected chi connectivity index (χ3v) is 2.64. The lowest BCUT2D eigenvalue weighted by molar-refractivity contribution is 0.355. The van der Waals surface area contributed by atoms with Crippen molar-refractivity contribution in [2.45, 2.75) is 19.4 Å². The maximum Gasteiger partial charge on any atom is 0.161 e. The molecule has 1 atom stereocenters. The molecule has 4 heteroatoms. The van der Waals surface area contributed by atoms with Crippen molar-refractivity contribution < 1.29 is 9.47 Å². The number of hydrogen-bond acceptors (Lipinski definition) is 4. The van der Waals surface area contributed by atoms with E-state index >= 15 is 0 Å². The Labute approximate surface area is 95.3 Å². The van der Waals surface area contributed by atoms with E-state index in [-0.39, 0.29) is 0 Å². The first-order chi connectivity index (χ1) is 7.74. The third kappa shape index (κ3) is 1.96. The minimum absolute atomic E-state index is 0.406. The SMILES string of the molecule is COc1ccc(C2=NNC(C)C2)cc1OC. The minimum Gasteiger partial charge on any atom is -0.493 e. The predicted molar refractivity (Wildman–Crippen MR) is 63.3 cm³/mol. The molecule has 0 fully saturated rings. The predicted octanol–water partition coefficient (Wildman–Crippen LogP) is 1.79. The summed E-state index contributed by atoms with van der Waals surface area (Å²) in [5.41, 5.74) is 5.19. The molecule has 2 rings (SSSR count). The lowest BCUT2D eigenvalue weighted by Crippen LogP contribution is -2.13. The zero-order valence-corrected chi connectivity index (χ0v) is 9.78.